The van der Waals surface area contributed by atoms with Gasteiger partial charge in [-0.05, 0) is 25.3 Å². The van der Waals surface area contributed by atoms with Crippen molar-refractivity contribution in [1.29, 1.82) is 0 Å². The van der Waals surface area contributed by atoms with E-state index in [1.165, 1.54) is 0 Å². The Morgan fingerprint density at radius 3 is 2.79 bits per heavy atom. The zero-order valence-electron chi connectivity index (χ0n) is 10.9. The van der Waals surface area contributed by atoms with Gasteiger partial charge in [0.2, 0.25) is 0 Å². The van der Waals surface area contributed by atoms with Crippen molar-refractivity contribution < 1.29 is 14.3 Å². The van der Waals surface area contributed by atoms with Gasteiger partial charge in [0, 0.05) is 5.57 Å². The third-order valence-electron chi connectivity index (χ3n) is 4.10. The van der Waals surface area contributed by atoms with Gasteiger partial charge in [-0.3, -0.25) is 9.59 Å². The molecule has 3 heteroatoms. The normalized spacial score (nSPS) is 28.4. The van der Waals surface area contributed by atoms with E-state index < -0.39 is 5.41 Å². The fraction of sp³-hybridized carbons (Fsp3) is 0.375. The van der Waals surface area contributed by atoms with Crippen LogP contribution in [0.2, 0.25) is 0 Å². The summed E-state index contributed by atoms with van der Waals surface area (Å²) in [7, 11) is 0. The van der Waals surface area contributed by atoms with Gasteiger partial charge < -0.3 is 4.74 Å². The number of benzene rings is 1. The molecule has 0 bridgehead atoms. The summed E-state index contributed by atoms with van der Waals surface area (Å²) >= 11 is 0. The number of Topliss-reactive ketones (excluding diaryl/α,β-unsaturated/α-hetero) is 1. The van der Waals surface area contributed by atoms with E-state index in [1.807, 2.05) is 36.4 Å². The van der Waals surface area contributed by atoms with Gasteiger partial charge in [0.15, 0.2) is 5.78 Å². The predicted molar refractivity (Wildman–Crippen MR) is 71.2 cm³/mol. The largest absolute Gasteiger partial charge is 0.466 e. The molecule has 19 heavy (non-hydrogen) atoms. The van der Waals surface area contributed by atoms with Crippen molar-refractivity contribution in [1.82, 2.24) is 0 Å². The lowest BCUT2D eigenvalue weighted by Crippen LogP contribution is -2.19. The minimum atomic E-state index is -0.489. The molecular weight excluding hydrogens is 240 g/mol. The number of carbonyl (C=O) groups excluding carboxylic acids is 2. The van der Waals surface area contributed by atoms with Gasteiger partial charge in [-0.25, -0.2) is 0 Å². The van der Waals surface area contributed by atoms with E-state index in [2.05, 4.69) is 0 Å². The van der Waals surface area contributed by atoms with Crippen molar-refractivity contribution in [2.24, 2.45) is 11.3 Å². The Hall–Kier alpha value is -1.90. The van der Waals surface area contributed by atoms with Crippen LogP contribution in [-0.2, 0) is 14.3 Å². The SMILES string of the molecule is CCOC(=O)[C@H]1C[C@@]12CC=C(c1ccccc1)C2=O. The van der Waals surface area contributed by atoms with Crippen LogP contribution in [0.5, 0.6) is 0 Å². The number of carbonyl (C=O) groups is 2. The number of hydrogen-bond acceptors (Lipinski definition) is 3. The first kappa shape index (κ1) is 12.2. The molecule has 0 radical (unpaired) electrons. The molecule has 1 spiro atoms. The van der Waals surface area contributed by atoms with Crippen LogP contribution in [0.15, 0.2) is 36.4 Å². The molecule has 1 fully saturated rings. The molecule has 0 heterocycles. The van der Waals surface area contributed by atoms with Crippen LogP contribution in [0.4, 0.5) is 0 Å². The summed E-state index contributed by atoms with van der Waals surface area (Å²) in [6, 6.07) is 9.64. The van der Waals surface area contributed by atoms with E-state index in [0.29, 0.717) is 19.4 Å². The van der Waals surface area contributed by atoms with Gasteiger partial charge in [0.1, 0.15) is 0 Å². The van der Waals surface area contributed by atoms with E-state index in [1.54, 1.807) is 6.92 Å². The van der Waals surface area contributed by atoms with Crippen molar-refractivity contribution in [2.45, 2.75) is 19.8 Å². The molecule has 0 N–H and O–H groups in total. The van der Waals surface area contributed by atoms with Gasteiger partial charge in [0.05, 0.1) is 17.9 Å². The van der Waals surface area contributed by atoms with Crippen molar-refractivity contribution in [3.05, 3.63) is 42.0 Å². The second kappa shape index (κ2) is 4.34. The molecule has 3 nitrogen and oxygen atoms in total. The molecule has 1 saturated carbocycles. The van der Waals surface area contributed by atoms with E-state index >= 15 is 0 Å². The van der Waals surface area contributed by atoms with E-state index in [4.69, 9.17) is 4.74 Å². The molecule has 2 atom stereocenters. The number of ketones is 1. The van der Waals surface area contributed by atoms with Crippen LogP contribution in [-0.4, -0.2) is 18.4 Å². The van der Waals surface area contributed by atoms with E-state index in [0.717, 1.165) is 11.1 Å². The molecule has 0 amide bonds. The Morgan fingerprint density at radius 1 is 1.37 bits per heavy atom. The molecule has 0 aromatic heterocycles. The fourth-order valence-electron chi connectivity index (χ4n) is 2.94. The third-order valence-corrected chi connectivity index (χ3v) is 4.10. The van der Waals surface area contributed by atoms with Crippen LogP contribution in [0.1, 0.15) is 25.3 Å². The molecule has 2 aliphatic rings. The average molecular weight is 256 g/mol. The van der Waals surface area contributed by atoms with Crippen molar-refractivity contribution >= 4 is 17.3 Å². The second-order valence-corrected chi connectivity index (χ2v) is 5.18. The Labute approximate surface area is 112 Å². The quantitative estimate of drug-likeness (QED) is 0.781. The number of esters is 1. The molecule has 3 rings (SSSR count). The lowest BCUT2D eigenvalue weighted by atomic mass is 9.94. The van der Waals surface area contributed by atoms with Crippen LogP contribution >= 0.6 is 0 Å². The van der Waals surface area contributed by atoms with Gasteiger partial charge in [-0.1, -0.05) is 36.4 Å². The Balaban J connectivity index is 1.78. The molecular formula is C16H16O3. The molecule has 1 aromatic rings. The zero-order valence-corrected chi connectivity index (χ0v) is 10.9. The summed E-state index contributed by atoms with van der Waals surface area (Å²) in [6.07, 6.45) is 3.27. The summed E-state index contributed by atoms with van der Waals surface area (Å²) < 4.78 is 5.03. The molecule has 0 unspecified atom stereocenters. The average Bonchev–Trinajstić information content (AvgIpc) is 3.07. The van der Waals surface area contributed by atoms with Gasteiger partial charge in [-0.15, -0.1) is 0 Å². The van der Waals surface area contributed by atoms with Crippen LogP contribution < -0.4 is 0 Å². The highest BCUT2D eigenvalue weighted by molar-refractivity contribution is 6.27. The van der Waals surface area contributed by atoms with Crippen molar-refractivity contribution in [3.63, 3.8) is 0 Å². The summed E-state index contributed by atoms with van der Waals surface area (Å²) in [4.78, 5) is 24.3. The maximum atomic E-state index is 12.5. The van der Waals surface area contributed by atoms with Crippen molar-refractivity contribution in [3.8, 4) is 0 Å². The highest BCUT2D eigenvalue weighted by Gasteiger charge is 2.65. The van der Waals surface area contributed by atoms with Gasteiger partial charge in [-0.2, -0.15) is 0 Å². The first-order chi connectivity index (χ1) is 9.19. The summed E-state index contributed by atoms with van der Waals surface area (Å²) in [6.45, 7) is 2.16. The smallest absolute Gasteiger partial charge is 0.310 e. The van der Waals surface area contributed by atoms with Gasteiger partial charge >= 0.3 is 5.97 Å². The fourth-order valence-corrected chi connectivity index (χ4v) is 2.94. The lowest BCUT2D eigenvalue weighted by molar-refractivity contribution is -0.146. The van der Waals surface area contributed by atoms with Crippen LogP contribution in [0, 0.1) is 11.3 Å². The standard InChI is InChI=1S/C16H16O3/c1-2-19-15(18)13-10-16(13)9-8-12(14(16)17)11-6-4-3-5-7-11/h3-8,13H,2,9-10H2,1H3/t13-,16+/m1/s1. The summed E-state index contributed by atoms with van der Waals surface area (Å²) in [5.74, 6) is -0.354. The topological polar surface area (TPSA) is 43.4 Å². The third kappa shape index (κ3) is 1.81. The monoisotopic (exact) mass is 256 g/mol. The first-order valence-electron chi connectivity index (χ1n) is 6.66. The highest BCUT2D eigenvalue weighted by atomic mass is 16.5. The number of rotatable bonds is 3. The molecule has 98 valence electrons. The highest BCUT2D eigenvalue weighted by Crippen LogP contribution is 2.61. The Morgan fingerprint density at radius 2 is 2.11 bits per heavy atom. The predicted octanol–water partition coefficient (Wildman–Crippen LogP) is 2.61. The first-order valence-corrected chi connectivity index (χ1v) is 6.66. The summed E-state index contributed by atoms with van der Waals surface area (Å²) in [5, 5.41) is 0. The van der Waals surface area contributed by atoms with Crippen molar-refractivity contribution in [2.75, 3.05) is 6.61 Å². The van der Waals surface area contributed by atoms with Crippen LogP contribution in [0.25, 0.3) is 5.57 Å². The molecule has 2 aliphatic carbocycles. The van der Waals surface area contributed by atoms with E-state index in [-0.39, 0.29) is 17.7 Å². The van der Waals surface area contributed by atoms with E-state index in [9.17, 15) is 9.59 Å². The number of hydrogen-bond donors (Lipinski definition) is 0. The maximum absolute atomic E-state index is 12.5. The molecule has 0 saturated heterocycles. The zero-order chi connectivity index (χ0) is 13.5. The Kier molecular flexibility index (Phi) is 2.77. The number of allylic oxidation sites excluding steroid dienone is 2. The Bertz CT molecular complexity index is 559. The molecule has 0 aliphatic heterocycles. The lowest BCUT2D eigenvalue weighted by Gasteiger charge is -2.08. The summed E-state index contributed by atoms with van der Waals surface area (Å²) in [5.41, 5.74) is 1.21. The van der Waals surface area contributed by atoms with Gasteiger partial charge in [0.25, 0.3) is 0 Å². The minimum absolute atomic E-state index is 0.108. The molecule has 1 aromatic carbocycles. The van der Waals surface area contributed by atoms with Crippen LogP contribution in [0.3, 0.4) is 0 Å². The minimum Gasteiger partial charge on any atom is -0.466 e. The number of ether oxygens (including phenoxy) is 1. The maximum Gasteiger partial charge on any atom is 0.310 e. The second-order valence-electron chi connectivity index (χ2n) is 5.18.